The molecule has 2 heterocycles. The molecule has 7 nitrogen and oxygen atoms in total. The van der Waals surface area contributed by atoms with Gasteiger partial charge in [-0.15, -0.1) is 0 Å². The van der Waals surface area contributed by atoms with Crippen LogP contribution in [0.3, 0.4) is 0 Å². The fraction of sp³-hybridized carbons (Fsp3) is 0.550. The average Bonchev–Trinajstić information content (AvgIpc) is 3.48. The minimum absolute atomic E-state index is 0.00539. The maximum Gasteiger partial charge on any atom is 0.260 e. The molecule has 7 heteroatoms. The van der Waals surface area contributed by atoms with Crippen LogP contribution < -0.4 is 4.74 Å². The van der Waals surface area contributed by atoms with E-state index in [1.165, 1.54) is 0 Å². The summed E-state index contributed by atoms with van der Waals surface area (Å²) in [5.74, 6) is 0.552. The van der Waals surface area contributed by atoms with Crippen LogP contribution in [-0.4, -0.2) is 77.8 Å². The maximum atomic E-state index is 12.7. The van der Waals surface area contributed by atoms with E-state index in [0.29, 0.717) is 50.9 Å². The third-order valence-electron chi connectivity index (χ3n) is 5.54. The van der Waals surface area contributed by atoms with Gasteiger partial charge in [0.2, 0.25) is 11.8 Å². The van der Waals surface area contributed by atoms with Gasteiger partial charge in [-0.1, -0.05) is 18.2 Å². The smallest absolute Gasteiger partial charge is 0.260 e. The fourth-order valence-electron chi connectivity index (χ4n) is 3.82. The fourth-order valence-corrected chi connectivity index (χ4v) is 3.82. The number of benzene rings is 1. The van der Waals surface area contributed by atoms with Gasteiger partial charge in [0, 0.05) is 45.2 Å². The van der Waals surface area contributed by atoms with E-state index in [4.69, 9.17) is 4.74 Å². The third-order valence-corrected chi connectivity index (χ3v) is 5.54. The average molecular weight is 371 g/mol. The van der Waals surface area contributed by atoms with Gasteiger partial charge in [-0.25, -0.2) is 0 Å². The van der Waals surface area contributed by atoms with Crippen molar-refractivity contribution in [3.05, 3.63) is 30.3 Å². The highest BCUT2D eigenvalue weighted by atomic mass is 16.5. The summed E-state index contributed by atoms with van der Waals surface area (Å²) < 4.78 is 5.51. The van der Waals surface area contributed by atoms with Crippen LogP contribution in [0.2, 0.25) is 0 Å². The topological polar surface area (TPSA) is 70.2 Å². The molecule has 0 N–H and O–H groups in total. The van der Waals surface area contributed by atoms with Crippen molar-refractivity contribution < 1.29 is 19.1 Å². The summed E-state index contributed by atoms with van der Waals surface area (Å²) in [7, 11) is 0. The van der Waals surface area contributed by atoms with Gasteiger partial charge >= 0.3 is 0 Å². The molecule has 0 radical (unpaired) electrons. The molecule has 2 aliphatic heterocycles. The third kappa shape index (κ3) is 4.07. The van der Waals surface area contributed by atoms with Crippen LogP contribution in [0.15, 0.2) is 30.3 Å². The molecule has 1 saturated carbocycles. The molecule has 144 valence electrons. The molecule has 3 aliphatic rings. The Morgan fingerprint density at radius 1 is 1.00 bits per heavy atom. The van der Waals surface area contributed by atoms with Crippen molar-refractivity contribution >= 4 is 17.7 Å². The normalized spacial score (nSPS) is 22.9. The molecule has 1 atom stereocenters. The monoisotopic (exact) mass is 371 g/mol. The Hall–Kier alpha value is -2.57. The quantitative estimate of drug-likeness (QED) is 0.766. The maximum absolute atomic E-state index is 12.7. The predicted octanol–water partition coefficient (Wildman–Crippen LogP) is 0.747. The van der Waals surface area contributed by atoms with E-state index in [1.807, 2.05) is 35.2 Å². The zero-order valence-corrected chi connectivity index (χ0v) is 15.4. The predicted molar refractivity (Wildman–Crippen MR) is 97.9 cm³/mol. The number of para-hydroxylation sites is 1. The highest BCUT2D eigenvalue weighted by molar-refractivity contribution is 5.89. The summed E-state index contributed by atoms with van der Waals surface area (Å²) in [5, 5.41) is 0. The lowest BCUT2D eigenvalue weighted by Gasteiger charge is -2.35. The van der Waals surface area contributed by atoms with E-state index < -0.39 is 0 Å². The molecule has 0 bridgehead atoms. The van der Waals surface area contributed by atoms with Crippen molar-refractivity contribution in [3.63, 3.8) is 0 Å². The van der Waals surface area contributed by atoms with Crippen LogP contribution in [0, 0.1) is 5.92 Å². The molecular weight excluding hydrogens is 346 g/mol. The first kappa shape index (κ1) is 17.8. The van der Waals surface area contributed by atoms with Gasteiger partial charge in [0.1, 0.15) is 5.75 Å². The number of rotatable bonds is 5. The number of likely N-dealkylation sites (tertiary alicyclic amines) is 1. The zero-order chi connectivity index (χ0) is 18.8. The van der Waals surface area contributed by atoms with Gasteiger partial charge in [-0.3, -0.25) is 14.4 Å². The molecule has 2 saturated heterocycles. The van der Waals surface area contributed by atoms with Crippen LogP contribution in [0.1, 0.15) is 19.3 Å². The molecule has 1 aromatic rings. The van der Waals surface area contributed by atoms with Gasteiger partial charge in [0.15, 0.2) is 6.61 Å². The first-order valence-corrected chi connectivity index (χ1v) is 9.65. The Morgan fingerprint density at radius 2 is 1.67 bits per heavy atom. The van der Waals surface area contributed by atoms with Crippen molar-refractivity contribution in [2.75, 3.05) is 39.3 Å². The number of carbonyl (C=O) groups excluding carboxylic acids is 3. The Morgan fingerprint density at radius 3 is 2.33 bits per heavy atom. The SMILES string of the molecule is O=C(COc1ccccc1)N1CCN(C(=O)[C@H]2CC(=O)N(C3CC3)C2)CC1. The standard InChI is InChI=1S/C20H25N3O4/c24-18-12-15(13-23(18)16-6-7-16)20(26)22-10-8-21(9-11-22)19(25)14-27-17-4-2-1-3-5-17/h1-5,15-16H,6-14H2/t15-/m0/s1. The molecular formula is C20H25N3O4. The number of hydrogen-bond acceptors (Lipinski definition) is 4. The van der Waals surface area contributed by atoms with Crippen LogP contribution >= 0.6 is 0 Å². The lowest BCUT2D eigenvalue weighted by Crippen LogP contribution is -2.53. The summed E-state index contributed by atoms with van der Waals surface area (Å²) in [6.07, 6.45) is 2.47. The Kier molecular flexibility index (Phi) is 5.01. The van der Waals surface area contributed by atoms with Gasteiger partial charge in [-0.05, 0) is 25.0 Å². The molecule has 3 fully saturated rings. The zero-order valence-electron chi connectivity index (χ0n) is 15.4. The first-order chi connectivity index (χ1) is 13.1. The van der Waals surface area contributed by atoms with E-state index in [-0.39, 0.29) is 30.2 Å². The molecule has 0 unspecified atom stereocenters. The number of carbonyl (C=O) groups is 3. The minimum atomic E-state index is -0.221. The van der Waals surface area contributed by atoms with Crippen molar-refractivity contribution in [2.24, 2.45) is 5.92 Å². The lowest BCUT2D eigenvalue weighted by molar-refractivity contribution is -0.142. The van der Waals surface area contributed by atoms with Crippen LogP contribution in [-0.2, 0) is 14.4 Å². The second-order valence-electron chi connectivity index (χ2n) is 7.49. The molecule has 4 rings (SSSR count). The molecule has 0 aromatic heterocycles. The summed E-state index contributed by atoms with van der Waals surface area (Å²) >= 11 is 0. The largest absolute Gasteiger partial charge is 0.484 e. The van der Waals surface area contributed by atoms with Gasteiger partial charge in [0.25, 0.3) is 5.91 Å². The second-order valence-corrected chi connectivity index (χ2v) is 7.49. The number of nitrogens with zero attached hydrogens (tertiary/aromatic N) is 3. The van der Waals surface area contributed by atoms with Crippen molar-refractivity contribution in [1.82, 2.24) is 14.7 Å². The highest BCUT2D eigenvalue weighted by Gasteiger charge is 2.43. The molecule has 1 aliphatic carbocycles. The number of hydrogen-bond donors (Lipinski definition) is 0. The second kappa shape index (κ2) is 7.58. The van der Waals surface area contributed by atoms with E-state index >= 15 is 0 Å². The number of amides is 3. The molecule has 0 spiro atoms. The van der Waals surface area contributed by atoms with Crippen molar-refractivity contribution in [2.45, 2.75) is 25.3 Å². The summed E-state index contributed by atoms with van der Waals surface area (Å²) in [4.78, 5) is 42.5. The summed E-state index contributed by atoms with van der Waals surface area (Å²) in [5.41, 5.74) is 0. The van der Waals surface area contributed by atoms with Crippen molar-refractivity contribution in [3.8, 4) is 5.75 Å². The van der Waals surface area contributed by atoms with Gasteiger partial charge < -0.3 is 19.4 Å². The minimum Gasteiger partial charge on any atom is -0.484 e. The van der Waals surface area contributed by atoms with E-state index in [0.717, 1.165) is 12.8 Å². The Labute approximate surface area is 158 Å². The molecule has 27 heavy (non-hydrogen) atoms. The van der Waals surface area contributed by atoms with Gasteiger partial charge in [0.05, 0.1) is 5.92 Å². The first-order valence-electron chi connectivity index (χ1n) is 9.65. The van der Waals surface area contributed by atoms with E-state index in [1.54, 1.807) is 9.80 Å². The summed E-state index contributed by atoms with van der Waals surface area (Å²) in [6.45, 7) is 2.62. The van der Waals surface area contributed by atoms with Crippen LogP contribution in [0.5, 0.6) is 5.75 Å². The van der Waals surface area contributed by atoms with E-state index in [9.17, 15) is 14.4 Å². The molecule has 3 amide bonds. The highest BCUT2D eigenvalue weighted by Crippen LogP contribution is 2.33. The van der Waals surface area contributed by atoms with Crippen molar-refractivity contribution in [1.29, 1.82) is 0 Å². The lowest BCUT2D eigenvalue weighted by atomic mass is 10.1. The molecule has 1 aromatic carbocycles. The summed E-state index contributed by atoms with van der Waals surface area (Å²) in [6, 6.07) is 9.63. The van der Waals surface area contributed by atoms with Gasteiger partial charge in [-0.2, -0.15) is 0 Å². The van der Waals surface area contributed by atoms with E-state index in [2.05, 4.69) is 0 Å². The number of piperazine rings is 1. The van der Waals surface area contributed by atoms with Crippen LogP contribution in [0.25, 0.3) is 0 Å². The Balaban J connectivity index is 1.23. The number of ether oxygens (including phenoxy) is 1. The Bertz CT molecular complexity index is 711. The van der Waals surface area contributed by atoms with Crippen LogP contribution in [0.4, 0.5) is 0 Å².